The number of nitrogens with one attached hydrogen (secondary N) is 2. The molecule has 6 rings (SSSR count). The van der Waals surface area contributed by atoms with E-state index in [2.05, 4.69) is 77.6 Å². The maximum atomic E-state index is 11.7. The summed E-state index contributed by atoms with van der Waals surface area (Å²) in [5, 5.41) is 3.45. The van der Waals surface area contributed by atoms with Gasteiger partial charge in [-0.2, -0.15) is 0 Å². The zero-order chi connectivity index (χ0) is 27.0. The van der Waals surface area contributed by atoms with Gasteiger partial charge in [-0.3, -0.25) is 4.72 Å². The largest absolute Gasteiger partial charge is 0.361 e. The Morgan fingerprint density at radius 2 is 1.55 bits per heavy atom. The highest BCUT2D eigenvalue weighted by Crippen LogP contribution is 2.53. The van der Waals surface area contributed by atoms with E-state index in [9.17, 15) is 8.42 Å². The monoisotopic (exact) mass is 531 g/mol. The van der Waals surface area contributed by atoms with E-state index in [1.54, 1.807) is 12.1 Å². The molecule has 1 heterocycles. The molecule has 0 bridgehead atoms. The second-order valence-corrected chi connectivity index (χ2v) is 13.0. The Kier molecular flexibility index (Phi) is 6.95. The Bertz CT molecular complexity index is 1430. The zero-order valence-electron chi connectivity index (χ0n) is 22.3. The van der Waals surface area contributed by atoms with Gasteiger partial charge in [0.25, 0.3) is 0 Å². The second-order valence-electron chi connectivity index (χ2n) is 11.1. The SMILES string of the molecule is C=C(C)C1(c2ccc(NC3(c4ccccc4)CC3)nc2)CC1.C=C(C)c1ccc(NS(=O)(=O)C2CC2)cc1.[HH].[HH]. The molecule has 0 aliphatic heterocycles. The van der Waals surface area contributed by atoms with Crippen LogP contribution in [0.5, 0.6) is 0 Å². The van der Waals surface area contributed by atoms with Crippen LogP contribution in [0.1, 0.15) is 71.9 Å². The fourth-order valence-electron chi connectivity index (χ4n) is 4.90. The molecule has 2 N–H and O–H groups in total. The number of allylic oxidation sites excluding steroid dienone is 2. The van der Waals surface area contributed by atoms with Crippen molar-refractivity contribution in [3.8, 4) is 0 Å². The summed E-state index contributed by atoms with van der Waals surface area (Å²) in [7, 11) is -3.15. The third-order valence-electron chi connectivity index (χ3n) is 7.93. The summed E-state index contributed by atoms with van der Waals surface area (Å²) in [6, 6.07) is 22.3. The molecule has 3 aliphatic rings. The van der Waals surface area contributed by atoms with Gasteiger partial charge >= 0.3 is 0 Å². The molecule has 2 aromatic carbocycles. The molecule has 0 spiro atoms. The molecule has 0 atom stereocenters. The predicted molar refractivity (Wildman–Crippen MR) is 162 cm³/mol. The molecule has 0 radical (unpaired) electrons. The van der Waals surface area contributed by atoms with Crippen molar-refractivity contribution in [3.63, 3.8) is 0 Å². The summed E-state index contributed by atoms with van der Waals surface area (Å²) in [6.45, 7) is 12.0. The van der Waals surface area contributed by atoms with Crippen LogP contribution < -0.4 is 10.0 Å². The zero-order valence-corrected chi connectivity index (χ0v) is 23.2. The molecule has 38 heavy (non-hydrogen) atoms. The van der Waals surface area contributed by atoms with Crippen molar-refractivity contribution < 1.29 is 11.3 Å². The average Bonchev–Trinajstić information content (AvgIpc) is 3.76. The number of sulfonamides is 1. The molecule has 202 valence electrons. The minimum atomic E-state index is -3.15. The maximum Gasteiger partial charge on any atom is 0.235 e. The van der Waals surface area contributed by atoms with Gasteiger partial charge in [-0.1, -0.05) is 72.8 Å². The van der Waals surface area contributed by atoms with Crippen molar-refractivity contribution in [1.29, 1.82) is 0 Å². The Hall–Kier alpha value is -3.38. The fraction of sp³-hybridized carbons (Fsp3) is 0.344. The molecule has 1 aromatic heterocycles. The highest BCUT2D eigenvalue weighted by Gasteiger charge is 2.46. The lowest BCUT2D eigenvalue weighted by Gasteiger charge is -2.20. The topological polar surface area (TPSA) is 71.1 Å². The van der Waals surface area contributed by atoms with E-state index in [1.165, 1.54) is 42.4 Å². The third-order valence-corrected chi connectivity index (χ3v) is 9.80. The van der Waals surface area contributed by atoms with Crippen LogP contribution in [-0.2, 0) is 21.0 Å². The van der Waals surface area contributed by atoms with Gasteiger partial charge in [0.1, 0.15) is 5.82 Å². The van der Waals surface area contributed by atoms with Crippen molar-refractivity contribution in [2.24, 2.45) is 0 Å². The van der Waals surface area contributed by atoms with Gasteiger partial charge in [-0.05, 0) is 87.3 Å². The van der Waals surface area contributed by atoms with Crippen LogP contribution >= 0.6 is 0 Å². The van der Waals surface area contributed by atoms with Gasteiger partial charge < -0.3 is 5.32 Å². The van der Waals surface area contributed by atoms with E-state index in [0.29, 0.717) is 5.69 Å². The lowest BCUT2D eigenvalue weighted by atomic mass is 9.91. The fourth-order valence-corrected chi connectivity index (χ4v) is 6.29. The normalized spacial score (nSPS) is 18.4. The third kappa shape index (κ3) is 5.70. The Morgan fingerprint density at radius 3 is 2.03 bits per heavy atom. The Labute approximate surface area is 230 Å². The number of benzene rings is 2. The highest BCUT2D eigenvalue weighted by molar-refractivity contribution is 7.93. The first kappa shape index (κ1) is 26.2. The Balaban J connectivity index is 0.000000220. The summed E-state index contributed by atoms with van der Waals surface area (Å²) in [5.74, 6) is 0.975. The molecular formula is C32H41N3O2S. The molecular weight excluding hydrogens is 490 g/mol. The van der Waals surface area contributed by atoms with Crippen LogP contribution in [0, 0.1) is 0 Å². The van der Waals surface area contributed by atoms with Crippen molar-refractivity contribution in [3.05, 3.63) is 108 Å². The molecule has 0 amide bonds. The van der Waals surface area contributed by atoms with Gasteiger partial charge in [-0.15, -0.1) is 0 Å². The summed E-state index contributed by atoms with van der Waals surface area (Å²) < 4.78 is 25.9. The minimum Gasteiger partial charge on any atom is -0.361 e. The van der Waals surface area contributed by atoms with Crippen LogP contribution in [0.25, 0.3) is 5.57 Å². The van der Waals surface area contributed by atoms with Crippen LogP contribution in [0.2, 0.25) is 0 Å². The number of rotatable bonds is 9. The number of nitrogens with zero attached hydrogens (tertiary/aromatic N) is 1. The number of aromatic nitrogens is 1. The van der Waals surface area contributed by atoms with Crippen LogP contribution in [0.15, 0.2) is 91.7 Å². The maximum absolute atomic E-state index is 11.7. The summed E-state index contributed by atoms with van der Waals surface area (Å²) >= 11 is 0. The molecule has 3 fully saturated rings. The van der Waals surface area contributed by atoms with Gasteiger partial charge in [0, 0.05) is 20.2 Å². The first-order chi connectivity index (χ1) is 18.1. The summed E-state index contributed by atoms with van der Waals surface area (Å²) in [6.07, 6.45) is 8.37. The summed E-state index contributed by atoms with van der Waals surface area (Å²) in [5.41, 5.74) is 6.86. The smallest absolute Gasteiger partial charge is 0.235 e. The highest BCUT2D eigenvalue weighted by atomic mass is 32.2. The summed E-state index contributed by atoms with van der Waals surface area (Å²) in [4.78, 5) is 4.67. The molecule has 5 nitrogen and oxygen atoms in total. The average molecular weight is 532 g/mol. The number of pyridine rings is 1. The second kappa shape index (κ2) is 10.1. The van der Waals surface area contributed by atoms with Crippen molar-refractivity contribution in [2.75, 3.05) is 10.0 Å². The molecule has 0 saturated heterocycles. The van der Waals surface area contributed by atoms with Gasteiger partial charge in [0.05, 0.1) is 10.8 Å². The van der Waals surface area contributed by atoms with Crippen molar-refractivity contribution in [1.82, 2.24) is 4.98 Å². The van der Waals surface area contributed by atoms with E-state index < -0.39 is 10.0 Å². The van der Waals surface area contributed by atoms with Crippen LogP contribution in [0.3, 0.4) is 0 Å². The van der Waals surface area contributed by atoms with Crippen LogP contribution in [0.4, 0.5) is 11.5 Å². The number of hydrogen-bond donors (Lipinski definition) is 2. The Morgan fingerprint density at radius 1 is 0.895 bits per heavy atom. The van der Waals surface area contributed by atoms with Gasteiger partial charge in [0.2, 0.25) is 10.0 Å². The minimum absolute atomic E-state index is 0. The van der Waals surface area contributed by atoms with E-state index in [-0.39, 0.29) is 19.1 Å². The number of anilines is 2. The lowest BCUT2D eigenvalue weighted by molar-refractivity contribution is 0.600. The van der Waals surface area contributed by atoms with E-state index >= 15 is 0 Å². The van der Waals surface area contributed by atoms with Crippen molar-refractivity contribution >= 4 is 27.1 Å². The quantitative estimate of drug-likeness (QED) is 0.275. The van der Waals surface area contributed by atoms with E-state index in [4.69, 9.17) is 0 Å². The van der Waals surface area contributed by atoms with Crippen LogP contribution in [-0.4, -0.2) is 18.7 Å². The number of hydrogen-bond acceptors (Lipinski definition) is 4. The molecule has 3 saturated carbocycles. The molecule has 3 aromatic rings. The molecule has 6 heteroatoms. The van der Waals surface area contributed by atoms with Gasteiger partial charge in [-0.25, -0.2) is 13.4 Å². The molecule has 0 unspecified atom stereocenters. The standard InChI is InChI=1S/C20H22N2.C12H15NO2S.2H2/c1-15(2)19(10-11-19)17-8-9-18(21-14-17)22-20(12-13-20)16-6-4-3-5-7-16;1-9(2)10-3-5-11(6-4-10)13-16(14,15)12-7-8-12;;/h3-9,14H,1,10-13H2,2H3,(H,21,22);3-6,12-13H,1,7-8H2,2H3;2*1H. The molecule has 3 aliphatic carbocycles. The van der Waals surface area contributed by atoms with E-state index in [1.807, 2.05) is 25.3 Å². The van der Waals surface area contributed by atoms with Crippen molar-refractivity contribution in [2.45, 2.75) is 68.6 Å². The lowest BCUT2D eigenvalue weighted by Crippen LogP contribution is -2.19. The first-order valence-corrected chi connectivity index (χ1v) is 14.9. The first-order valence-electron chi connectivity index (χ1n) is 13.4. The predicted octanol–water partition coefficient (Wildman–Crippen LogP) is 7.91. The van der Waals surface area contributed by atoms with E-state index in [0.717, 1.165) is 29.8 Å². The van der Waals surface area contributed by atoms with Gasteiger partial charge in [0.15, 0.2) is 0 Å².